The van der Waals surface area contributed by atoms with Gasteiger partial charge in [-0.15, -0.1) is 0 Å². The van der Waals surface area contributed by atoms with Crippen molar-refractivity contribution in [2.75, 3.05) is 0 Å². The summed E-state index contributed by atoms with van der Waals surface area (Å²) < 4.78 is 2.07. The summed E-state index contributed by atoms with van der Waals surface area (Å²) in [7, 11) is 0. The highest BCUT2D eigenvalue weighted by molar-refractivity contribution is 8.14. The van der Waals surface area contributed by atoms with Gasteiger partial charge in [-0.05, 0) is 42.2 Å². The Hall–Kier alpha value is -1.27. The molecule has 0 bridgehead atoms. The quantitative estimate of drug-likeness (QED) is 0.776. The van der Waals surface area contributed by atoms with Gasteiger partial charge in [-0.3, -0.25) is 14.6 Å². The lowest BCUT2D eigenvalue weighted by molar-refractivity contribution is 0.407. The van der Waals surface area contributed by atoms with Gasteiger partial charge >= 0.3 is 0 Å². The van der Waals surface area contributed by atoms with Crippen LogP contribution in [0.3, 0.4) is 0 Å². The number of fused-ring (bicyclic) bond motifs is 1. The first-order valence-corrected chi connectivity index (χ1v) is 10.1. The average molecular weight is 348 g/mol. The molecule has 0 spiro atoms. The molecule has 0 amide bonds. The van der Waals surface area contributed by atoms with Crippen molar-refractivity contribution >= 4 is 34.0 Å². The van der Waals surface area contributed by atoms with Crippen LogP contribution >= 0.6 is 23.1 Å². The molecule has 1 atom stereocenters. The first-order valence-electron chi connectivity index (χ1n) is 8.32. The SMILES string of the molecule is CC1=Nc2c(c(=O)[nH]n2C2CCCCCC2)C(c2ccsc2)S1. The number of hydrogen-bond donors (Lipinski definition) is 1. The van der Waals surface area contributed by atoms with Crippen LogP contribution in [0.2, 0.25) is 0 Å². The van der Waals surface area contributed by atoms with E-state index in [-0.39, 0.29) is 10.8 Å². The summed E-state index contributed by atoms with van der Waals surface area (Å²) in [6.07, 6.45) is 7.37. The fraction of sp³-hybridized carbons (Fsp3) is 0.529. The predicted octanol–water partition coefficient (Wildman–Crippen LogP) is 5.02. The molecule has 0 saturated heterocycles. The Morgan fingerprint density at radius 1 is 1.26 bits per heavy atom. The molecule has 1 aliphatic heterocycles. The molecule has 122 valence electrons. The zero-order valence-corrected chi connectivity index (χ0v) is 14.9. The minimum Gasteiger partial charge on any atom is -0.268 e. The van der Waals surface area contributed by atoms with Crippen LogP contribution in [0.1, 0.15) is 67.9 Å². The molecule has 2 aromatic heterocycles. The molecule has 1 unspecified atom stereocenters. The molecular formula is C17H21N3OS2. The van der Waals surface area contributed by atoms with Gasteiger partial charge in [0.15, 0.2) is 5.82 Å². The molecule has 1 saturated carbocycles. The maximum Gasteiger partial charge on any atom is 0.271 e. The highest BCUT2D eigenvalue weighted by atomic mass is 32.2. The monoisotopic (exact) mass is 347 g/mol. The number of thiophene rings is 1. The van der Waals surface area contributed by atoms with Gasteiger partial charge in [0, 0.05) is 0 Å². The predicted molar refractivity (Wildman–Crippen MR) is 98.3 cm³/mol. The van der Waals surface area contributed by atoms with E-state index in [0.29, 0.717) is 6.04 Å². The Balaban J connectivity index is 1.80. The highest BCUT2D eigenvalue weighted by Crippen LogP contribution is 2.45. The van der Waals surface area contributed by atoms with Gasteiger partial charge in [-0.2, -0.15) is 11.3 Å². The number of nitrogens with one attached hydrogen (secondary N) is 1. The molecule has 3 heterocycles. The Kier molecular flexibility index (Phi) is 4.20. The van der Waals surface area contributed by atoms with Gasteiger partial charge < -0.3 is 0 Å². The topological polar surface area (TPSA) is 50.1 Å². The van der Waals surface area contributed by atoms with E-state index in [9.17, 15) is 4.79 Å². The third-order valence-corrected chi connectivity index (χ3v) is 6.66. The van der Waals surface area contributed by atoms with Crippen LogP contribution in [-0.2, 0) is 0 Å². The molecule has 1 aliphatic carbocycles. The van der Waals surface area contributed by atoms with Gasteiger partial charge in [0.1, 0.15) is 0 Å². The third-order valence-electron chi connectivity index (χ3n) is 4.79. The fourth-order valence-corrected chi connectivity index (χ4v) is 5.51. The van der Waals surface area contributed by atoms with Crippen LogP contribution < -0.4 is 5.56 Å². The molecule has 2 aromatic rings. The lowest BCUT2D eigenvalue weighted by Crippen LogP contribution is -2.13. The summed E-state index contributed by atoms with van der Waals surface area (Å²) in [5.74, 6) is 0.870. The van der Waals surface area contributed by atoms with Crippen molar-refractivity contribution in [2.24, 2.45) is 4.99 Å². The summed E-state index contributed by atoms with van der Waals surface area (Å²) in [6.45, 7) is 2.04. The minimum atomic E-state index is 0.0317. The number of H-pyrrole nitrogens is 1. The maximum absolute atomic E-state index is 12.7. The standard InChI is InChI=1S/C17H21N3OS2/c1-11-18-16-14(15(23-11)12-8-9-22-10-12)17(21)19-20(16)13-6-4-2-3-5-7-13/h8-10,13,15H,2-7H2,1H3,(H,19,21). The van der Waals surface area contributed by atoms with Crippen LogP contribution in [0.4, 0.5) is 5.82 Å². The van der Waals surface area contributed by atoms with Crippen LogP contribution in [0.25, 0.3) is 0 Å². The second-order valence-corrected chi connectivity index (χ2v) is 8.46. The molecule has 4 rings (SSSR count). The fourth-order valence-electron chi connectivity index (χ4n) is 3.65. The third kappa shape index (κ3) is 2.83. The van der Waals surface area contributed by atoms with E-state index < -0.39 is 0 Å². The zero-order valence-electron chi connectivity index (χ0n) is 13.2. The number of nitrogens with zero attached hydrogens (tertiary/aromatic N) is 2. The number of aromatic nitrogens is 2. The summed E-state index contributed by atoms with van der Waals surface area (Å²) >= 11 is 3.37. The van der Waals surface area contributed by atoms with Crippen molar-refractivity contribution in [3.05, 3.63) is 38.3 Å². The van der Waals surface area contributed by atoms with Crippen molar-refractivity contribution in [3.8, 4) is 0 Å². The normalized spacial score (nSPS) is 22.5. The Morgan fingerprint density at radius 3 is 2.74 bits per heavy atom. The molecule has 4 nitrogen and oxygen atoms in total. The summed E-state index contributed by atoms with van der Waals surface area (Å²) in [6, 6.07) is 2.50. The van der Waals surface area contributed by atoms with E-state index >= 15 is 0 Å². The number of thioether (sulfide) groups is 1. The van der Waals surface area contributed by atoms with Gasteiger partial charge in [0.25, 0.3) is 5.56 Å². The average Bonchev–Trinajstić information content (AvgIpc) is 3.08. The molecular weight excluding hydrogens is 326 g/mol. The summed E-state index contributed by atoms with van der Waals surface area (Å²) in [5, 5.41) is 8.44. The lowest BCUT2D eigenvalue weighted by atomic mass is 10.1. The maximum atomic E-state index is 12.7. The second-order valence-electron chi connectivity index (χ2n) is 6.38. The van der Waals surface area contributed by atoms with Crippen LogP contribution in [0, 0.1) is 0 Å². The van der Waals surface area contributed by atoms with Gasteiger partial charge in [-0.1, -0.05) is 37.4 Å². The van der Waals surface area contributed by atoms with E-state index in [1.54, 1.807) is 23.1 Å². The minimum absolute atomic E-state index is 0.0317. The Bertz CT molecular complexity index is 764. The first kappa shape index (κ1) is 15.3. The second kappa shape index (κ2) is 6.32. The van der Waals surface area contributed by atoms with Crippen LogP contribution in [0.15, 0.2) is 26.6 Å². The van der Waals surface area contributed by atoms with Crippen molar-refractivity contribution in [1.29, 1.82) is 0 Å². The number of aliphatic imine (C=N–C) groups is 1. The largest absolute Gasteiger partial charge is 0.271 e. The molecule has 23 heavy (non-hydrogen) atoms. The van der Waals surface area contributed by atoms with Crippen molar-refractivity contribution in [2.45, 2.75) is 56.7 Å². The van der Waals surface area contributed by atoms with Crippen molar-refractivity contribution in [3.63, 3.8) is 0 Å². The van der Waals surface area contributed by atoms with E-state index in [0.717, 1.165) is 29.3 Å². The van der Waals surface area contributed by atoms with E-state index in [1.165, 1.54) is 31.2 Å². The van der Waals surface area contributed by atoms with E-state index in [4.69, 9.17) is 4.99 Å². The lowest BCUT2D eigenvalue weighted by Gasteiger charge is -2.22. The first-order chi connectivity index (χ1) is 11.2. The smallest absolute Gasteiger partial charge is 0.268 e. The number of hydrogen-bond acceptors (Lipinski definition) is 4. The molecule has 2 aliphatic rings. The van der Waals surface area contributed by atoms with Crippen LogP contribution in [0.5, 0.6) is 0 Å². The van der Waals surface area contributed by atoms with Gasteiger partial charge in [-0.25, -0.2) is 4.99 Å². The van der Waals surface area contributed by atoms with E-state index in [2.05, 4.69) is 26.6 Å². The van der Waals surface area contributed by atoms with Gasteiger partial charge in [0.2, 0.25) is 0 Å². The summed E-state index contributed by atoms with van der Waals surface area (Å²) in [5.41, 5.74) is 2.08. The zero-order chi connectivity index (χ0) is 15.8. The Morgan fingerprint density at radius 2 is 2.04 bits per heavy atom. The highest BCUT2D eigenvalue weighted by Gasteiger charge is 2.32. The van der Waals surface area contributed by atoms with Crippen molar-refractivity contribution < 1.29 is 0 Å². The van der Waals surface area contributed by atoms with Crippen LogP contribution in [-0.4, -0.2) is 14.8 Å². The van der Waals surface area contributed by atoms with Gasteiger partial charge in [0.05, 0.1) is 21.9 Å². The Labute approximate surface area is 144 Å². The molecule has 1 fully saturated rings. The van der Waals surface area contributed by atoms with E-state index in [1.807, 2.05) is 6.92 Å². The molecule has 0 radical (unpaired) electrons. The van der Waals surface area contributed by atoms with Crippen molar-refractivity contribution in [1.82, 2.24) is 9.78 Å². The molecule has 6 heteroatoms. The molecule has 1 N–H and O–H groups in total. The summed E-state index contributed by atoms with van der Waals surface area (Å²) in [4.78, 5) is 17.4. The number of aromatic amines is 1. The number of rotatable bonds is 2. The molecule has 0 aromatic carbocycles.